The predicted molar refractivity (Wildman–Crippen MR) is 84.8 cm³/mol. The molecule has 0 spiro atoms. The first-order valence-electron chi connectivity index (χ1n) is 7.65. The van der Waals surface area contributed by atoms with E-state index >= 15 is 0 Å². The zero-order chi connectivity index (χ0) is 14.8. The number of aryl methyl sites for hydroxylation is 2. The number of rotatable bonds is 5. The Bertz CT molecular complexity index is 823. The molecule has 0 N–H and O–H groups in total. The van der Waals surface area contributed by atoms with Crippen LogP contribution < -0.4 is 5.63 Å². The molecule has 0 amide bonds. The van der Waals surface area contributed by atoms with Crippen LogP contribution in [0, 0.1) is 6.92 Å². The number of furan rings is 1. The maximum atomic E-state index is 12.1. The second-order valence-electron chi connectivity index (χ2n) is 5.60. The molecule has 0 saturated carbocycles. The van der Waals surface area contributed by atoms with Gasteiger partial charge in [0.2, 0.25) is 0 Å². The summed E-state index contributed by atoms with van der Waals surface area (Å²) in [4.78, 5) is 12.1. The number of fused-ring (bicyclic) bond motifs is 3. The van der Waals surface area contributed by atoms with E-state index in [2.05, 4.69) is 6.92 Å². The van der Waals surface area contributed by atoms with Crippen molar-refractivity contribution in [3.05, 3.63) is 46.0 Å². The predicted octanol–water partition coefficient (Wildman–Crippen LogP) is 4.97. The summed E-state index contributed by atoms with van der Waals surface area (Å²) in [5.74, 6) is 0.879. The smallest absolute Gasteiger partial charge is 0.347 e. The fraction of sp³-hybridized carbons (Fsp3) is 0.389. The van der Waals surface area contributed by atoms with Crippen LogP contribution in [0.15, 0.2) is 37.9 Å². The molecule has 0 atom stereocenters. The van der Waals surface area contributed by atoms with Gasteiger partial charge in [-0.2, -0.15) is 0 Å². The fourth-order valence-corrected chi connectivity index (χ4v) is 2.80. The maximum Gasteiger partial charge on any atom is 0.347 e. The van der Waals surface area contributed by atoms with Gasteiger partial charge in [0, 0.05) is 6.42 Å². The van der Waals surface area contributed by atoms with Crippen molar-refractivity contribution in [2.24, 2.45) is 0 Å². The van der Waals surface area contributed by atoms with Crippen LogP contribution in [0.1, 0.15) is 43.9 Å². The van der Waals surface area contributed by atoms with E-state index in [4.69, 9.17) is 8.83 Å². The number of unbranched alkanes of at least 4 members (excludes halogenated alkanes) is 3. The van der Waals surface area contributed by atoms with Crippen molar-refractivity contribution in [3.8, 4) is 0 Å². The van der Waals surface area contributed by atoms with Gasteiger partial charge in [-0.25, -0.2) is 4.79 Å². The van der Waals surface area contributed by atoms with E-state index in [1.165, 1.54) is 19.3 Å². The summed E-state index contributed by atoms with van der Waals surface area (Å²) in [5, 5.41) is 1.47. The van der Waals surface area contributed by atoms with E-state index in [0.717, 1.165) is 29.6 Å². The zero-order valence-corrected chi connectivity index (χ0v) is 12.6. The Morgan fingerprint density at radius 3 is 2.76 bits per heavy atom. The molecular formula is C18H20O3. The van der Waals surface area contributed by atoms with Crippen LogP contribution in [0.25, 0.3) is 21.9 Å². The highest BCUT2D eigenvalue weighted by Gasteiger charge is 2.14. The van der Waals surface area contributed by atoms with Gasteiger partial charge in [-0.05, 0) is 31.0 Å². The lowest BCUT2D eigenvalue weighted by atomic mass is 10.1. The van der Waals surface area contributed by atoms with Gasteiger partial charge < -0.3 is 8.83 Å². The quantitative estimate of drug-likeness (QED) is 0.490. The van der Waals surface area contributed by atoms with Gasteiger partial charge in [0.05, 0.1) is 5.39 Å². The minimum Gasteiger partial charge on any atom is -0.460 e. The molecule has 110 valence electrons. The molecule has 1 aromatic carbocycles. The molecule has 0 radical (unpaired) electrons. The second-order valence-corrected chi connectivity index (χ2v) is 5.60. The summed E-state index contributed by atoms with van der Waals surface area (Å²) in [6.07, 6.45) is 5.62. The van der Waals surface area contributed by atoms with Crippen LogP contribution >= 0.6 is 0 Å². The lowest BCUT2D eigenvalue weighted by Gasteiger charge is -2.00. The van der Waals surface area contributed by atoms with Crippen molar-refractivity contribution in [1.29, 1.82) is 0 Å². The molecule has 3 heteroatoms. The molecule has 0 aliphatic carbocycles. The molecule has 2 aromatic heterocycles. The molecule has 2 heterocycles. The molecule has 0 unspecified atom stereocenters. The Hall–Kier alpha value is -2.03. The Balaban J connectivity index is 2.05. The Morgan fingerprint density at radius 1 is 1.10 bits per heavy atom. The number of hydrogen-bond acceptors (Lipinski definition) is 3. The first-order chi connectivity index (χ1) is 10.2. The summed E-state index contributed by atoms with van der Waals surface area (Å²) < 4.78 is 11.4. The van der Waals surface area contributed by atoms with E-state index in [0.29, 0.717) is 16.6 Å². The molecule has 3 aromatic rings. The fourth-order valence-electron chi connectivity index (χ4n) is 2.80. The monoisotopic (exact) mass is 284 g/mol. The highest BCUT2D eigenvalue weighted by Crippen LogP contribution is 2.28. The Morgan fingerprint density at radius 2 is 1.95 bits per heavy atom. The van der Waals surface area contributed by atoms with Gasteiger partial charge in [-0.15, -0.1) is 0 Å². The van der Waals surface area contributed by atoms with Crippen LogP contribution in [0.3, 0.4) is 0 Å². The van der Waals surface area contributed by atoms with Gasteiger partial charge in [-0.1, -0.05) is 38.3 Å². The summed E-state index contributed by atoms with van der Waals surface area (Å²) >= 11 is 0. The third-order valence-electron chi connectivity index (χ3n) is 3.94. The van der Waals surface area contributed by atoms with E-state index in [1.54, 1.807) is 0 Å². The molecule has 3 nitrogen and oxygen atoms in total. The van der Waals surface area contributed by atoms with Crippen molar-refractivity contribution >= 4 is 21.9 Å². The lowest BCUT2D eigenvalue weighted by Crippen LogP contribution is -1.98. The minimum absolute atomic E-state index is 0.313. The highest BCUT2D eigenvalue weighted by molar-refractivity contribution is 6.02. The molecule has 0 aliphatic rings. The molecular weight excluding hydrogens is 264 g/mol. The SMILES string of the molecule is CCCCCCc1cc2c(=O)oc3cccc(C)c3c2o1. The van der Waals surface area contributed by atoms with Gasteiger partial charge in [0.15, 0.2) is 5.58 Å². The second kappa shape index (κ2) is 5.76. The van der Waals surface area contributed by atoms with Crippen molar-refractivity contribution in [3.63, 3.8) is 0 Å². The third-order valence-corrected chi connectivity index (χ3v) is 3.94. The van der Waals surface area contributed by atoms with Gasteiger partial charge >= 0.3 is 5.63 Å². The van der Waals surface area contributed by atoms with E-state index in [-0.39, 0.29) is 5.63 Å². The summed E-state index contributed by atoms with van der Waals surface area (Å²) in [6.45, 7) is 4.20. The normalized spacial score (nSPS) is 11.5. The largest absolute Gasteiger partial charge is 0.460 e. The van der Waals surface area contributed by atoms with Crippen LogP contribution in [0.4, 0.5) is 0 Å². The van der Waals surface area contributed by atoms with Crippen molar-refractivity contribution in [2.45, 2.75) is 46.0 Å². The van der Waals surface area contributed by atoms with Gasteiger partial charge in [0.25, 0.3) is 0 Å². The van der Waals surface area contributed by atoms with E-state index in [9.17, 15) is 4.79 Å². The first kappa shape index (κ1) is 13.9. The third kappa shape index (κ3) is 2.60. The standard InChI is InChI=1S/C18H20O3/c1-3-4-5-6-9-13-11-14-17(20-13)16-12(2)8-7-10-15(16)21-18(14)19/h7-8,10-11H,3-6,9H2,1-2H3. The maximum absolute atomic E-state index is 12.1. The van der Waals surface area contributed by atoms with Gasteiger partial charge in [0.1, 0.15) is 16.7 Å². The molecule has 0 saturated heterocycles. The number of hydrogen-bond donors (Lipinski definition) is 0. The van der Waals surface area contributed by atoms with Crippen molar-refractivity contribution in [1.82, 2.24) is 0 Å². The average molecular weight is 284 g/mol. The van der Waals surface area contributed by atoms with E-state index in [1.807, 2.05) is 31.2 Å². The lowest BCUT2D eigenvalue weighted by molar-refractivity contribution is 0.526. The molecule has 21 heavy (non-hydrogen) atoms. The highest BCUT2D eigenvalue weighted by atomic mass is 16.4. The van der Waals surface area contributed by atoms with Gasteiger partial charge in [-0.3, -0.25) is 0 Å². The molecule has 0 fully saturated rings. The molecule has 0 bridgehead atoms. The van der Waals surface area contributed by atoms with Crippen LogP contribution in [0.2, 0.25) is 0 Å². The summed E-state index contributed by atoms with van der Waals surface area (Å²) in [6, 6.07) is 7.55. The Labute approximate surface area is 123 Å². The molecule has 0 aliphatic heterocycles. The van der Waals surface area contributed by atoms with Crippen LogP contribution in [-0.4, -0.2) is 0 Å². The first-order valence-corrected chi connectivity index (χ1v) is 7.65. The average Bonchev–Trinajstić information content (AvgIpc) is 2.88. The minimum atomic E-state index is -0.313. The zero-order valence-electron chi connectivity index (χ0n) is 12.6. The Kier molecular flexibility index (Phi) is 3.82. The molecule has 3 rings (SSSR count). The van der Waals surface area contributed by atoms with Crippen LogP contribution in [0.5, 0.6) is 0 Å². The summed E-state index contributed by atoms with van der Waals surface area (Å²) in [5.41, 5.74) is 2.02. The number of benzene rings is 1. The van der Waals surface area contributed by atoms with E-state index < -0.39 is 0 Å². The van der Waals surface area contributed by atoms with Crippen molar-refractivity contribution < 1.29 is 8.83 Å². The van der Waals surface area contributed by atoms with Crippen LogP contribution in [-0.2, 0) is 6.42 Å². The summed E-state index contributed by atoms with van der Waals surface area (Å²) in [7, 11) is 0. The van der Waals surface area contributed by atoms with Crippen molar-refractivity contribution in [2.75, 3.05) is 0 Å². The topological polar surface area (TPSA) is 43.4 Å².